The van der Waals surface area contributed by atoms with Gasteiger partial charge < -0.3 is 14.4 Å². The lowest BCUT2D eigenvalue weighted by Gasteiger charge is -2.20. The standard InChI is InChI=1S/C14H13NO4S/c16-13(11-5-6-12(19-11)14(17)18)15(9-3-4-9)8-10-2-1-7-20-10/h1-2,5-7,9H,3-4,8H2,(H,17,18). The topological polar surface area (TPSA) is 70.8 Å². The minimum absolute atomic E-state index is 0.0888. The molecule has 1 fully saturated rings. The molecule has 0 aromatic carbocycles. The second-order valence-electron chi connectivity index (χ2n) is 4.71. The van der Waals surface area contributed by atoms with Crippen molar-refractivity contribution in [2.75, 3.05) is 0 Å². The third-order valence-corrected chi connectivity index (χ3v) is 4.04. The summed E-state index contributed by atoms with van der Waals surface area (Å²) in [5, 5.41) is 10.8. The van der Waals surface area contributed by atoms with Crippen LogP contribution in [0, 0.1) is 0 Å². The van der Waals surface area contributed by atoms with Gasteiger partial charge in [-0.2, -0.15) is 0 Å². The highest BCUT2D eigenvalue weighted by atomic mass is 32.1. The van der Waals surface area contributed by atoms with Gasteiger partial charge in [-0.25, -0.2) is 4.79 Å². The number of hydrogen-bond donors (Lipinski definition) is 1. The van der Waals surface area contributed by atoms with Gasteiger partial charge in [0.15, 0.2) is 5.76 Å². The van der Waals surface area contributed by atoms with E-state index in [0.29, 0.717) is 6.54 Å². The fraction of sp³-hybridized carbons (Fsp3) is 0.286. The second-order valence-corrected chi connectivity index (χ2v) is 5.74. The lowest BCUT2D eigenvalue weighted by molar-refractivity contribution is 0.0644. The summed E-state index contributed by atoms with van der Waals surface area (Å²) in [7, 11) is 0. The van der Waals surface area contributed by atoms with Gasteiger partial charge >= 0.3 is 5.97 Å². The third kappa shape index (κ3) is 2.60. The molecule has 0 saturated heterocycles. The van der Waals surface area contributed by atoms with Gasteiger partial charge in [0.2, 0.25) is 5.76 Å². The summed E-state index contributed by atoms with van der Waals surface area (Å²) in [5.74, 6) is -1.53. The second kappa shape index (κ2) is 5.13. The highest BCUT2D eigenvalue weighted by Crippen LogP contribution is 2.30. The van der Waals surface area contributed by atoms with E-state index in [-0.39, 0.29) is 23.5 Å². The van der Waals surface area contributed by atoms with Gasteiger partial charge in [-0.3, -0.25) is 4.79 Å². The minimum Gasteiger partial charge on any atom is -0.475 e. The van der Waals surface area contributed by atoms with E-state index in [0.717, 1.165) is 17.7 Å². The highest BCUT2D eigenvalue weighted by molar-refractivity contribution is 7.09. The van der Waals surface area contributed by atoms with Gasteiger partial charge in [0, 0.05) is 10.9 Å². The van der Waals surface area contributed by atoms with Gasteiger partial charge in [0.25, 0.3) is 5.91 Å². The summed E-state index contributed by atoms with van der Waals surface area (Å²) < 4.78 is 5.10. The number of carboxylic acids is 1. The Hall–Kier alpha value is -2.08. The Morgan fingerprint density at radius 2 is 2.05 bits per heavy atom. The Labute approximate surface area is 119 Å². The number of rotatable bonds is 5. The first kappa shape index (κ1) is 12.9. The van der Waals surface area contributed by atoms with Crippen LogP contribution < -0.4 is 0 Å². The number of thiophene rings is 1. The van der Waals surface area contributed by atoms with Crippen molar-refractivity contribution in [2.24, 2.45) is 0 Å². The van der Waals surface area contributed by atoms with Crippen LogP contribution in [0.5, 0.6) is 0 Å². The first-order valence-corrected chi connectivity index (χ1v) is 7.19. The summed E-state index contributed by atoms with van der Waals surface area (Å²) >= 11 is 1.60. The molecule has 0 bridgehead atoms. The van der Waals surface area contributed by atoms with Crippen LogP contribution in [-0.4, -0.2) is 27.9 Å². The zero-order valence-electron chi connectivity index (χ0n) is 10.6. The van der Waals surface area contributed by atoms with Crippen LogP contribution in [0.2, 0.25) is 0 Å². The van der Waals surface area contributed by atoms with Crippen molar-refractivity contribution < 1.29 is 19.1 Å². The molecule has 1 saturated carbocycles. The van der Waals surface area contributed by atoms with Crippen LogP contribution in [-0.2, 0) is 6.54 Å². The van der Waals surface area contributed by atoms with E-state index in [1.54, 1.807) is 16.2 Å². The van der Waals surface area contributed by atoms with Crippen molar-refractivity contribution in [1.82, 2.24) is 4.90 Å². The molecule has 1 N–H and O–H groups in total. The number of carbonyl (C=O) groups excluding carboxylic acids is 1. The van der Waals surface area contributed by atoms with E-state index in [1.165, 1.54) is 12.1 Å². The van der Waals surface area contributed by atoms with Gasteiger partial charge in [0.05, 0.1) is 6.54 Å². The van der Waals surface area contributed by atoms with Crippen molar-refractivity contribution >= 4 is 23.2 Å². The monoisotopic (exact) mass is 291 g/mol. The molecule has 1 aliphatic carbocycles. The fourth-order valence-corrected chi connectivity index (χ4v) is 2.74. The molecule has 2 heterocycles. The van der Waals surface area contributed by atoms with Crippen molar-refractivity contribution in [3.8, 4) is 0 Å². The van der Waals surface area contributed by atoms with Crippen molar-refractivity contribution in [3.05, 3.63) is 46.0 Å². The summed E-state index contributed by atoms with van der Waals surface area (Å²) in [6.07, 6.45) is 1.98. The van der Waals surface area contributed by atoms with E-state index in [9.17, 15) is 9.59 Å². The molecular formula is C14H13NO4S. The molecule has 5 nitrogen and oxygen atoms in total. The van der Waals surface area contributed by atoms with E-state index >= 15 is 0 Å². The average molecular weight is 291 g/mol. The molecule has 0 aliphatic heterocycles. The van der Waals surface area contributed by atoms with Crippen LogP contribution in [0.1, 0.15) is 38.8 Å². The van der Waals surface area contributed by atoms with Crippen LogP contribution in [0.15, 0.2) is 34.1 Å². The first-order valence-electron chi connectivity index (χ1n) is 6.31. The lowest BCUT2D eigenvalue weighted by atomic mass is 10.3. The number of nitrogens with zero attached hydrogens (tertiary/aromatic N) is 1. The van der Waals surface area contributed by atoms with E-state index in [2.05, 4.69) is 0 Å². The maximum Gasteiger partial charge on any atom is 0.371 e. The predicted molar refractivity (Wildman–Crippen MR) is 72.9 cm³/mol. The Bertz CT molecular complexity index is 627. The SMILES string of the molecule is O=C(O)c1ccc(C(=O)N(Cc2cccs2)C2CC2)o1. The minimum atomic E-state index is -1.17. The maximum absolute atomic E-state index is 12.4. The van der Waals surface area contributed by atoms with E-state index < -0.39 is 5.97 Å². The highest BCUT2D eigenvalue weighted by Gasteiger charge is 2.34. The van der Waals surface area contributed by atoms with Crippen molar-refractivity contribution in [1.29, 1.82) is 0 Å². The molecular weight excluding hydrogens is 278 g/mol. The Kier molecular flexibility index (Phi) is 3.31. The molecule has 1 aliphatic rings. The fourth-order valence-electron chi connectivity index (χ4n) is 2.03. The molecule has 2 aromatic rings. The normalized spacial score (nSPS) is 14.2. The summed E-state index contributed by atoms with van der Waals surface area (Å²) in [6, 6.07) is 6.91. The summed E-state index contributed by atoms with van der Waals surface area (Å²) in [4.78, 5) is 26.1. The average Bonchev–Trinajstić information content (AvgIpc) is 2.95. The number of aromatic carboxylic acids is 1. The molecule has 20 heavy (non-hydrogen) atoms. The van der Waals surface area contributed by atoms with Gasteiger partial charge in [0.1, 0.15) is 0 Å². The molecule has 0 radical (unpaired) electrons. The quantitative estimate of drug-likeness (QED) is 0.919. The van der Waals surface area contributed by atoms with Gasteiger partial charge in [-0.05, 0) is 36.4 Å². The Morgan fingerprint density at radius 1 is 1.30 bits per heavy atom. The van der Waals surface area contributed by atoms with Crippen molar-refractivity contribution in [3.63, 3.8) is 0 Å². The first-order chi connectivity index (χ1) is 9.65. The van der Waals surface area contributed by atoms with Crippen LogP contribution in [0.4, 0.5) is 0 Å². The lowest BCUT2D eigenvalue weighted by Crippen LogP contribution is -2.32. The zero-order valence-corrected chi connectivity index (χ0v) is 11.4. The molecule has 2 aromatic heterocycles. The molecule has 6 heteroatoms. The molecule has 104 valence electrons. The largest absolute Gasteiger partial charge is 0.475 e. The van der Waals surface area contributed by atoms with E-state index in [4.69, 9.17) is 9.52 Å². The number of carboxylic acid groups (broad SMARTS) is 1. The van der Waals surface area contributed by atoms with Crippen LogP contribution in [0.3, 0.4) is 0 Å². The summed E-state index contributed by atoms with van der Waals surface area (Å²) in [5.41, 5.74) is 0. The van der Waals surface area contributed by atoms with Gasteiger partial charge in [-0.15, -0.1) is 11.3 Å². The molecule has 0 atom stereocenters. The molecule has 1 amide bonds. The number of furan rings is 1. The third-order valence-electron chi connectivity index (χ3n) is 3.18. The van der Waals surface area contributed by atoms with Gasteiger partial charge in [-0.1, -0.05) is 6.07 Å². The Balaban J connectivity index is 1.79. The number of amides is 1. The molecule has 3 rings (SSSR count). The molecule has 0 spiro atoms. The Morgan fingerprint density at radius 3 is 2.60 bits per heavy atom. The summed E-state index contributed by atoms with van der Waals surface area (Å²) in [6.45, 7) is 0.546. The van der Waals surface area contributed by atoms with Crippen molar-refractivity contribution in [2.45, 2.75) is 25.4 Å². The number of hydrogen-bond acceptors (Lipinski definition) is 4. The molecule has 0 unspecified atom stereocenters. The zero-order chi connectivity index (χ0) is 14.1. The smallest absolute Gasteiger partial charge is 0.371 e. The predicted octanol–water partition coefficient (Wildman–Crippen LogP) is 2.84. The van der Waals surface area contributed by atoms with Crippen LogP contribution >= 0.6 is 11.3 Å². The van der Waals surface area contributed by atoms with E-state index in [1.807, 2.05) is 17.5 Å². The number of carbonyl (C=O) groups is 2. The maximum atomic E-state index is 12.4. The van der Waals surface area contributed by atoms with Crippen LogP contribution in [0.25, 0.3) is 0 Å².